The molecular formula is C5H9O2S. The predicted molar refractivity (Wildman–Crippen MR) is 33.7 cm³/mol. The summed E-state index contributed by atoms with van der Waals surface area (Å²) in [6.07, 6.45) is 0.787. The van der Waals surface area contributed by atoms with Gasteiger partial charge in [0.15, 0.2) is 0 Å². The van der Waals surface area contributed by atoms with Gasteiger partial charge in [0.05, 0.1) is 6.61 Å². The molecule has 0 aliphatic rings. The smallest absolute Gasteiger partial charge is 0.302 e. The molecule has 0 unspecified atom stereocenters. The second kappa shape index (κ2) is 4.97. The highest BCUT2D eigenvalue weighted by Gasteiger charge is 1.88. The molecule has 0 amide bonds. The SMILES string of the molecule is CC(=O)OCCC[S]. The summed E-state index contributed by atoms with van der Waals surface area (Å²) in [4.78, 5) is 10.1. The van der Waals surface area contributed by atoms with Crippen LogP contribution in [0.4, 0.5) is 0 Å². The van der Waals surface area contributed by atoms with Crippen LogP contribution >= 0.6 is 12.6 Å². The van der Waals surface area contributed by atoms with E-state index in [1.165, 1.54) is 6.92 Å². The summed E-state index contributed by atoms with van der Waals surface area (Å²) in [7, 11) is 0. The summed E-state index contributed by atoms with van der Waals surface area (Å²) in [5.41, 5.74) is 0. The van der Waals surface area contributed by atoms with Crippen molar-refractivity contribution in [2.24, 2.45) is 0 Å². The average Bonchev–Trinajstić information content (AvgIpc) is 1.66. The first-order valence-electron chi connectivity index (χ1n) is 2.49. The van der Waals surface area contributed by atoms with Crippen LogP contribution in [0.25, 0.3) is 0 Å². The zero-order chi connectivity index (χ0) is 6.41. The fraction of sp³-hybridized carbons (Fsp3) is 0.800. The van der Waals surface area contributed by atoms with E-state index in [0.717, 1.165) is 6.42 Å². The summed E-state index contributed by atoms with van der Waals surface area (Å²) < 4.78 is 4.58. The fourth-order valence-corrected chi connectivity index (χ4v) is 0.393. The van der Waals surface area contributed by atoms with E-state index in [1.807, 2.05) is 0 Å². The molecule has 0 rings (SSSR count). The summed E-state index contributed by atoms with van der Waals surface area (Å²) in [6.45, 7) is 1.86. The van der Waals surface area contributed by atoms with E-state index in [4.69, 9.17) is 0 Å². The minimum Gasteiger partial charge on any atom is -0.466 e. The van der Waals surface area contributed by atoms with Crippen LogP contribution < -0.4 is 0 Å². The third-order valence-corrected chi connectivity index (χ3v) is 0.883. The minimum atomic E-state index is -0.228. The van der Waals surface area contributed by atoms with Gasteiger partial charge in [-0.3, -0.25) is 4.79 Å². The molecule has 8 heavy (non-hydrogen) atoms. The van der Waals surface area contributed by atoms with Crippen LogP contribution in [0.2, 0.25) is 0 Å². The average molecular weight is 133 g/mol. The highest BCUT2D eigenvalue weighted by atomic mass is 32.1. The topological polar surface area (TPSA) is 26.3 Å². The van der Waals surface area contributed by atoms with Crippen LogP contribution in [0.15, 0.2) is 0 Å². The largest absolute Gasteiger partial charge is 0.466 e. The van der Waals surface area contributed by atoms with Crippen molar-refractivity contribution in [1.29, 1.82) is 0 Å². The Balaban J connectivity index is 2.82. The van der Waals surface area contributed by atoms with Crippen molar-refractivity contribution in [2.75, 3.05) is 12.4 Å². The number of hydrogen-bond acceptors (Lipinski definition) is 2. The van der Waals surface area contributed by atoms with Gasteiger partial charge in [0.25, 0.3) is 0 Å². The predicted octanol–water partition coefficient (Wildman–Crippen LogP) is 1.14. The number of hydrogen-bond donors (Lipinski definition) is 0. The number of esters is 1. The normalized spacial score (nSPS) is 8.75. The van der Waals surface area contributed by atoms with Crippen molar-refractivity contribution in [3.63, 3.8) is 0 Å². The molecule has 1 radical (unpaired) electrons. The van der Waals surface area contributed by atoms with E-state index >= 15 is 0 Å². The first-order chi connectivity index (χ1) is 3.77. The molecule has 2 nitrogen and oxygen atoms in total. The molecule has 0 N–H and O–H groups in total. The molecule has 3 heteroatoms. The molecule has 0 aliphatic carbocycles. The Morgan fingerprint density at radius 3 is 2.75 bits per heavy atom. The number of carbonyl (C=O) groups excluding carboxylic acids is 1. The highest BCUT2D eigenvalue weighted by molar-refractivity contribution is 7.80. The Kier molecular flexibility index (Phi) is 4.85. The van der Waals surface area contributed by atoms with Crippen LogP contribution in [0, 0.1) is 0 Å². The van der Waals surface area contributed by atoms with E-state index in [9.17, 15) is 4.79 Å². The summed E-state index contributed by atoms with van der Waals surface area (Å²) in [6, 6.07) is 0. The maximum Gasteiger partial charge on any atom is 0.302 e. The summed E-state index contributed by atoms with van der Waals surface area (Å²) in [5, 5.41) is 0. The number of carbonyl (C=O) groups is 1. The van der Waals surface area contributed by atoms with E-state index in [-0.39, 0.29) is 5.97 Å². The van der Waals surface area contributed by atoms with E-state index in [2.05, 4.69) is 17.4 Å². The van der Waals surface area contributed by atoms with E-state index < -0.39 is 0 Å². The summed E-state index contributed by atoms with van der Waals surface area (Å²) >= 11 is 4.61. The Bertz CT molecular complexity index is 72.8. The van der Waals surface area contributed by atoms with Gasteiger partial charge >= 0.3 is 5.97 Å². The number of rotatable bonds is 3. The van der Waals surface area contributed by atoms with Gasteiger partial charge in [-0.05, 0) is 6.42 Å². The molecular weight excluding hydrogens is 124 g/mol. The standard InChI is InChI=1S/C5H9O2S/c1-5(6)7-3-2-4-8/h2-4H2,1H3. The fourth-order valence-electron chi connectivity index (χ4n) is 0.275. The first kappa shape index (κ1) is 7.82. The maximum atomic E-state index is 10.1. The summed E-state index contributed by atoms with van der Waals surface area (Å²) in [5.74, 6) is 0.432. The number of ether oxygens (including phenoxy) is 1. The highest BCUT2D eigenvalue weighted by Crippen LogP contribution is 1.84. The van der Waals surface area contributed by atoms with Gasteiger partial charge in [0.2, 0.25) is 0 Å². The minimum absolute atomic E-state index is 0.228. The van der Waals surface area contributed by atoms with Gasteiger partial charge < -0.3 is 4.74 Å². The van der Waals surface area contributed by atoms with Crippen molar-refractivity contribution in [1.82, 2.24) is 0 Å². The van der Waals surface area contributed by atoms with Gasteiger partial charge in [-0.15, -0.1) is 0 Å². The van der Waals surface area contributed by atoms with Crippen molar-refractivity contribution in [2.45, 2.75) is 13.3 Å². The van der Waals surface area contributed by atoms with Crippen molar-refractivity contribution in [3.8, 4) is 0 Å². The van der Waals surface area contributed by atoms with Crippen molar-refractivity contribution >= 4 is 18.6 Å². The Hall–Kier alpha value is -0.180. The van der Waals surface area contributed by atoms with Gasteiger partial charge in [0, 0.05) is 12.7 Å². The molecule has 47 valence electrons. The van der Waals surface area contributed by atoms with Crippen LogP contribution in [-0.2, 0) is 9.53 Å². The molecule has 0 atom stereocenters. The quantitative estimate of drug-likeness (QED) is 0.426. The lowest BCUT2D eigenvalue weighted by atomic mass is 10.5. The molecule has 0 fully saturated rings. The van der Waals surface area contributed by atoms with Crippen LogP contribution in [0.1, 0.15) is 13.3 Å². The van der Waals surface area contributed by atoms with Crippen molar-refractivity contribution < 1.29 is 9.53 Å². The molecule has 0 saturated heterocycles. The second-order valence-corrected chi connectivity index (χ2v) is 1.81. The molecule has 0 aromatic rings. The Labute approximate surface area is 54.6 Å². The van der Waals surface area contributed by atoms with E-state index in [0.29, 0.717) is 12.4 Å². The molecule has 0 aromatic carbocycles. The van der Waals surface area contributed by atoms with Crippen molar-refractivity contribution in [3.05, 3.63) is 0 Å². The van der Waals surface area contributed by atoms with Crippen LogP contribution in [-0.4, -0.2) is 18.3 Å². The zero-order valence-corrected chi connectivity index (χ0v) is 5.66. The zero-order valence-electron chi connectivity index (χ0n) is 4.85. The lowest BCUT2D eigenvalue weighted by Crippen LogP contribution is -2.00. The van der Waals surface area contributed by atoms with Gasteiger partial charge in [-0.1, -0.05) is 12.6 Å². The Morgan fingerprint density at radius 2 is 2.38 bits per heavy atom. The van der Waals surface area contributed by atoms with Gasteiger partial charge in [-0.2, -0.15) is 0 Å². The molecule has 0 aliphatic heterocycles. The van der Waals surface area contributed by atoms with Gasteiger partial charge in [-0.25, -0.2) is 0 Å². The maximum absolute atomic E-state index is 10.1. The van der Waals surface area contributed by atoms with Gasteiger partial charge in [0.1, 0.15) is 0 Å². The van der Waals surface area contributed by atoms with Crippen LogP contribution in [0.3, 0.4) is 0 Å². The Morgan fingerprint density at radius 1 is 1.75 bits per heavy atom. The lowest BCUT2D eigenvalue weighted by Gasteiger charge is -1.95. The monoisotopic (exact) mass is 133 g/mol. The molecule has 0 heterocycles. The molecule has 0 saturated carbocycles. The van der Waals surface area contributed by atoms with Crippen LogP contribution in [0.5, 0.6) is 0 Å². The second-order valence-electron chi connectivity index (χ2n) is 1.40. The third-order valence-electron chi connectivity index (χ3n) is 0.594. The first-order valence-corrected chi connectivity index (χ1v) is 3.06. The third kappa shape index (κ3) is 5.82. The molecule has 0 spiro atoms. The molecule has 0 aromatic heterocycles. The lowest BCUT2D eigenvalue weighted by molar-refractivity contribution is -0.140. The molecule has 0 bridgehead atoms. The van der Waals surface area contributed by atoms with E-state index in [1.54, 1.807) is 0 Å².